The lowest BCUT2D eigenvalue weighted by atomic mass is 10.3. The van der Waals surface area contributed by atoms with Crippen LogP contribution >= 0.6 is 0 Å². The lowest BCUT2D eigenvalue weighted by Gasteiger charge is -2.35. The third-order valence-corrected chi connectivity index (χ3v) is 3.83. The smallest absolute Gasteiger partial charge is 0.227 e. The molecule has 0 radical (unpaired) electrons. The van der Waals surface area contributed by atoms with Gasteiger partial charge in [-0.05, 0) is 20.8 Å². The molecule has 1 fully saturated rings. The molecule has 7 nitrogen and oxygen atoms in total. The van der Waals surface area contributed by atoms with Crippen molar-refractivity contribution in [3.8, 4) is 0 Å². The minimum Gasteiger partial charge on any atom is -0.370 e. The highest BCUT2D eigenvalue weighted by molar-refractivity contribution is 5.46. The van der Waals surface area contributed by atoms with Crippen LogP contribution in [-0.2, 0) is 0 Å². The predicted molar refractivity (Wildman–Crippen MR) is 92.1 cm³/mol. The van der Waals surface area contributed by atoms with Gasteiger partial charge in [-0.3, -0.25) is 4.98 Å². The standard InChI is InChI=1S/C16H23N7/c1-4-18-14-9-12(2)20-16(21-14)23-7-5-22(6-8-23)15-11-17-10-13(3)19-15/h9-11H,4-8H2,1-3H3,(H,18,20,21). The summed E-state index contributed by atoms with van der Waals surface area (Å²) in [7, 11) is 0. The Kier molecular flexibility index (Phi) is 4.55. The molecule has 0 aliphatic carbocycles. The predicted octanol–water partition coefficient (Wildman–Crippen LogP) is 1.64. The van der Waals surface area contributed by atoms with E-state index in [0.29, 0.717) is 0 Å². The van der Waals surface area contributed by atoms with Gasteiger partial charge in [0.15, 0.2) is 0 Å². The minimum atomic E-state index is 0.802. The van der Waals surface area contributed by atoms with Crippen LogP contribution in [-0.4, -0.2) is 52.7 Å². The van der Waals surface area contributed by atoms with Crippen LogP contribution in [0.3, 0.4) is 0 Å². The Morgan fingerprint density at radius 3 is 2.39 bits per heavy atom. The first-order valence-electron chi connectivity index (χ1n) is 8.04. The quantitative estimate of drug-likeness (QED) is 0.920. The van der Waals surface area contributed by atoms with Crippen LogP contribution in [0.1, 0.15) is 18.3 Å². The second kappa shape index (κ2) is 6.76. The Hall–Kier alpha value is -2.44. The maximum absolute atomic E-state index is 4.62. The number of nitrogens with one attached hydrogen (secondary N) is 1. The van der Waals surface area contributed by atoms with Gasteiger partial charge in [-0.25, -0.2) is 9.97 Å². The van der Waals surface area contributed by atoms with Crippen LogP contribution in [0.25, 0.3) is 0 Å². The maximum Gasteiger partial charge on any atom is 0.227 e. The van der Waals surface area contributed by atoms with Crippen LogP contribution in [0.15, 0.2) is 18.5 Å². The molecule has 2 aromatic heterocycles. The Labute approximate surface area is 136 Å². The van der Waals surface area contributed by atoms with Crippen molar-refractivity contribution in [2.24, 2.45) is 0 Å². The molecule has 2 aromatic rings. The van der Waals surface area contributed by atoms with Crippen LogP contribution in [0.5, 0.6) is 0 Å². The normalized spacial score (nSPS) is 14.9. The molecule has 1 N–H and O–H groups in total. The summed E-state index contributed by atoms with van der Waals surface area (Å²) >= 11 is 0. The van der Waals surface area contributed by atoms with E-state index in [2.05, 4.69) is 42.0 Å². The summed E-state index contributed by atoms with van der Waals surface area (Å²) in [4.78, 5) is 22.5. The van der Waals surface area contributed by atoms with Crippen molar-refractivity contribution in [1.29, 1.82) is 0 Å². The summed E-state index contributed by atoms with van der Waals surface area (Å²) in [6, 6.07) is 1.98. The molecule has 0 atom stereocenters. The van der Waals surface area contributed by atoms with E-state index < -0.39 is 0 Å². The van der Waals surface area contributed by atoms with Crippen molar-refractivity contribution in [3.05, 3.63) is 29.8 Å². The Balaban J connectivity index is 1.69. The van der Waals surface area contributed by atoms with E-state index >= 15 is 0 Å². The van der Waals surface area contributed by atoms with Gasteiger partial charge < -0.3 is 15.1 Å². The number of hydrogen-bond donors (Lipinski definition) is 1. The van der Waals surface area contributed by atoms with Gasteiger partial charge in [-0.2, -0.15) is 4.98 Å². The van der Waals surface area contributed by atoms with Gasteiger partial charge in [0.2, 0.25) is 5.95 Å². The van der Waals surface area contributed by atoms with Crippen LogP contribution < -0.4 is 15.1 Å². The Morgan fingerprint density at radius 1 is 0.957 bits per heavy atom. The molecule has 0 unspecified atom stereocenters. The molecule has 0 saturated carbocycles. The molecule has 1 aliphatic rings. The molecule has 3 heterocycles. The number of aryl methyl sites for hydroxylation is 2. The molecule has 23 heavy (non-hydrogen) atoms. The van der Waals surface area contributed by atoms with Crippen molar-refractivity contribution in [1.82, 2.24) is 19.9 Å². The summed E-state index contributed by atoms with van der Waals surface area (Å²) in [5, 5.41) is 3.26. The van der Waals surface area contributed by atoms with Gasteiger partial charge in [-0.15, -0.1) is 0 Å². The zero-order valence-corrected chi connectivity index (χ0v) is 14.0. The first-order valence-corrected chi connectivity index (χ1v) is 8.04. The molecule has 0 spiro atoms. The molecule has 0 bridgehead atoms. The van der Waals surface area contributed by atoms with E-state index in [9.17, 15) is 0 Å². The third kappa shape index (κ3) is 3.67. The summed E-state index contributed by atoms with van der Waals surface area (Å²) in [6.07, 6.45) is 3.61. The monoisotopic (exact) mass is 313 g/mol. The van der Waals surface area contributed by atoms with Gasteiger partial charge in [0.25, 0.3) is 0 Å². The summed E-state index contributed by atoms with van der Waals surface area (Å²) < 4.78 is 0. The molecular weight excluding hydrogens is 290 g/mol. The highest BCUT2D eigenvalue weighted by atomic mass is 15.3. The van der Waals surface area contributed by atoms with E-state index in [4.69, 9.17) is 0 Å². The zero-order valence-electron chi connectivity index (χ0n) is 14.0. The highest BCUT2D eigenvalue weighted by Crippen LogP contribution is 2.18. The molecular formula is C16H23N7. The Morgan fingerprint density at radius 2 is 1.70 bits per heavy atom. The number of piperazine rings is 1. The number of anilines is 3. The lowest BCUT2D eigenvalue weighted by molar-refractivity contribution is 0.632. The summed E-state index contributed by atoms with van der Waals surface area (Å²) in [5.41, 5.74) is 1.93. The number of nitrogens with zero attached hydrogens (tertiary/aromatic N) is 6. The molecule has 7 heteroatoms. The van der Waals surface area contributed by atoms with Crippen molar-refractivity contribution in [2.45, 2.75) is 20.8 Å². The van der Waals surface area contributed by atoms with E-state index in [1.807, 2.05) is 26.1 Å². The van der Waals surface area contributed by atoms with E-state index in [1.54, 1.807) is 6.20 Å². The number of hydrogen-bond acceptors (Lipinski definition) is 7. The Bertz CT molecular complexity index is 665. The zero-order chi connectivity index (χ0) is 16.2. The van der Waals surface area contributed by atoms with Crippen molar-refractivity contribution < 1.29 is 0 Å². The fraction of sp³-hybridized carbons (Fsp3) is 0.500. The molecule has 0 amide bonds. The van der Waals surface area contributed by atoms with E-state index in [-0.39, 0.29) is 0 Å². The van der Waals surface area contributed by atoms with Crippen molar-refractivity contribution in [2.75, 3.05) is 47.8 Å². The van der Waals surface area contributed by atoms with Crippen molar-refractivity contribution in [3.63, 3.8) is 0 Å². The van der Waals surface area contributed by atoms with Crippen LogP contribution in [0.2, 0.25) is 0 Å². The molecule has 122 valence electrons. The average Bonchev–Trinajstić information content (AvgIpc) is 2.55. The molecule has 3 rings (SSSR count). The molecule has 1 saturated heterocycles. The third-order valence-electron chi connectivity index (χ3n) is 3.83. The number of aromatic nitrogens is 4. The van der Waals surface area contributed by atoms with Gasteiger partial charge in [-0.1, -0.05) is 0 Å². The van der Waals surface area contributed by atoms with E-state index in [1.165, 1.54) is 0 Å². The van der Waals surface area contributed by atoms with Crippen molar-refractivity contribution >= 4 is 17.6 Å². The highest BCUT2D eigenvalue weighted by Gasteiger charge is 2.20. The largest absolute Gasteiger partial charge is 0.370 e. The fourth-order valence-electron chi connectivity index (χ4n) is 2.70. The van der Waals surface area contributed by atoms with Gasteiger partial charge in [0.1, 0.15) is 11.6 Å². The van der Waals surface area contributed by atoms with E-state index in [0.717, 1.165) is 61.7 Å². The SMILES string of the molecule is CCNc1cc(C)nc(N2CCN(c3cncc(C)n3)CC2)n1. The maximum atomic E-state index is 4.62. The first-order chi connectivity index (χ1) is 11.2. The first kappa shape index (κ1) is 15.5. The molecule has 1 aliphatic heterocycles. The topological polar surface area (TPSA) is 70.1 Å². The minimum absolute atomic E-state index is 0.802. The molecule has 0 aromatic carbocycles. The van der Waals surface area contributed by atoms with Crippen LogP contribution in [0.4, 0.5) is 17.6 Å². The van der Waals surface area contributed by atoms with Gasteiger partial charge >= 0.3 is 0 Å². The average molecular weight is 313 g/mol. The summed E-state index contributed by atoms with van der Waals surface area (Å²) in [6.45, 7) is 10.4. The lowest BCUT2D eigenvalue weighted by Crippen LogP contribution is -2.47. The van der Waals surface area contributed by atoms with Gasteiger partial charge in [0, 0.05) is 50.7 Å². The second-order valence-corrected chi connectivity index (χ2v) is 5.72. The second-order valence-electron chi connectivity index (χ2n) is 5.72. The number of rotatable bonds is 4. The fourth-order valence-corrected chi connectivity index (χ4v) is 2.70. The van der Waals surface area contributed by atoms with Crippen LogP contribution in [0, 0.1) is 13.8 Å². The van der Waals surface area contributed by atoms with Gasteiger partial charge in [0.05, 0.1) is 11.9 Å². The summed E-state index contributed by atoms with van der Waals surface area (Å²) in [5.74, 6) is 2.64.